The first-order valence-electron chi connectivity index (χ1n) is 9.62. The van der Waals surface area contributed by atoms with Crippen LogP contribution < -0.4 is 5.73 Å². The average Bonchev–Trinajstić information content (AvgIpc) is 3.22. The highest BCUT2D eigenvalue weighted by molar-refractivity contribution is 5.69. The van der Waals surface area contributed by atoms with Crippen LogP contribution in [0.5, 0.6) is 0 Å². The van der Waals surface area contributed by atoms with Gasteiger partial charge in [0.15, 0.2) is 18.2 Å². The number of fused-ring (bicyclic) bond motifs is 1. The van der Waals surface area contributed by atoms with Gasteiger partial charge in [0.2, 0.25) is 0 Å². The van der Waals surface area contributed by atoms with Crippen LogP contribution in [0.1, 0.15) is 39.8 Å². The molecule has 0 bridgehead atoms. The Morgan fingerprint density at radius 2 is 2.17 bits per heavy atom. The van der Waals surface area contributed by atoms with Gasteiger partial charge in [-0.05, 0) is 19.1 Å². The zero-order valence-electron chi connectivity index (χ0n) is 17.0. The van der Waals surface area contributed by atoms with Crippen LogP contribution in [0.4, 0.5) is 5.82 Å². The van der Waals surface area contributed by atoms with Gasteiger partial charge in [-0.1, -0.05) is 20.8 Å². The molecule has 0 spiro atoms. The number of hydrogen-bond acceptors (Lipinski definition) is 9. The molecule has 10 heteroatoms. The van der Waals surface area contributed by atoms with Gasteiger partial charge in [0.25, 0.3) is 0 Å². The molecule has 1 aliphatic heterocycles. The van der Waals surface area contributed by atoms with Crippen LogP contribution in [0.25, 0.3) is 5.52 Å². The molecule has 29 heavy (non-hydrogen) atoms. The molecule has 10 nitrogen and oxygen atoms in total. The number of nitrogens with two attached hydrogens (primary N) is 1. The zero-order valence-corrected chi connectivity index (χ0v) is 17.0. The Morgan fingerprint density at radius 1 is 1.45 bits per heavy atom. The topological polar surface area (TPSA) is 141 Å². The normalized spacial score (nSPS) is 28.2. The van der Waals surface area contributed by atoms with Gasteiger partial charge < -0.3 is 30.2 Å². The highest BCUT2D eigenvalue weighted by atomic mass is 16.6. The summed E-state index contributed by atoms with van der Waals surface area (Å²) in [6.07, 6.45) is -2.51. The minimum absolute atomic E-state index is 0.0614. The van der Waals surface area contributed by atoms with Crippen LogP contribution in [0.15, 0.2) is 18.5 Å². The van der Waals surface area contributed by atoms with Gasteiger partial charge in [-0.3, -0.25) is 4.79 Å². The molecule has 0 radical (unpaired) electrons. The molecule has 160 valence electrons. The number of aromatic nitrogens is 3. The maximum Gasteiger partial charge on any atom is 0.305 e. The van der Waals surface area contributed by atoms with Crippen molar-refractivity contribution in [2.45, 2.75) is 64.3 Å². The third kappa shape index (κ3) is 3.93. The number of ether oxygens (including phenoxy) is 3. The summed E-state index contributed by atoms with van der Waals surface area (Å²) in [6, 6.07) is 3.46. The number of hydrogen-bond donors (Lipinski definition) is 3. The van der Waals surface area contributed by atoms with Gasteiger partial charge in [-0.25, -0.2) is 9.50 Å². The predicted molar refractivity (Wildman–Crippen MR) is 103 cm³/mol. The first-order chi connectivity index (χ1) is 13.7. The van der Waals surface area contributed by atoms with E-state index in [9.17, 15) is 15.0 Å². The maximum absolute atomic E-state index is 11.9. The number of anilines is 1. The summed E-state index contributed by atoms with van der Waals surface area (Å²) in [7, 11) is 0. The van der Waals surface area contributed by atoms with Crippen molar-refractivity contribution < 1.29 is 29.2 Å². The second-order valence-corrected chi connectivity index (χ2v) is 7.65. The van der Waals surface area contributed by atoms with Crippen molar-refractivity contribution in [1.82, 2.24) is 14.6 Å². The summed E-state index contributed by atoms with van der Waals surface area (Å²) in [5, 5.41) is 25.3. The summed E-state index contributed by atoms with van der Waals surface area (Å²) in [5.74, 6) is -0.308. The maximum atomic E-state index is 11.9. The number of esters is 1. The Labute approximate surface area is 168 Å². The Balaban J connectivity index is 1.93. The van der Waals surface area contributed by atoms with Crippen LogP contribution >= 0.6 is 0 Å². The summed E-state index contributed by atoms with van der Waals surface area (Å²) in [4.78, 5) is 15.9. The molecule has 1 saturated heterocycles. The second kappa shape index (κ2) is 8.23. The molecule has 0 saturated carbocycles. The lowest BCUT2D eigenvalue weighted by atomic mass is 9.93. The van der Waals surface area contributed by atoms with Gasteiger partial charge in [-0.2, -0.15) is 5.10 Å². The van der Waals surface area contributed by atoms with Crippen molar-refractivity contribution in [3.8, 4) is 0 Å². The molecule has 3 heterocycles. The number of aliphatic hydroxyl groups excluding tert-OH is 2. The van der Waals surface area contributed by atoms with Gasteiger partial charge in [-0.15, -0.1) is 0 Å². The minimum Gasteiger partial charge on any atom is -0.457 e. The van der Waals surface area contributed by atoms with E-state index in [1.165, 1.54) is 10.8 Å². The standard InChI is InChI=1S/C19H28N4O6/c1-5-14(24)28-15-12(8-27-18(26)10(2)3)29-19(4,16(15)25)13-7-6-11-17(20)21-9-22-23(11)13/h6-7,9-10,12,15-16,18,25-26H,5,8H2,1-4H3,(H2,20,21,22)/t12-,15-,16-,18?,19+/m1/s1. The van der Waals surface area contributed by atoms with Gasteiger partial charge in [0.1, 0.15) is 29.7 Å². The van der Waals surface area contributed by atoms with E-state index in [0.29, 0.717) is 11.2 Å². The largest absolute Gasteiger partial charge is 0.457 e. The fraction of sp³-hybridized carbons (Fsp3) is 0.632. The number of aliphatic hydroxyl groups is 2. The Kier molecular flexibility index (Phi) is 6.08. The third-order valence-corrected chi connectivity index (χ3v) is 5.19. The van der Waals surface area contributed by atoms with Crippen molar-refractivity contribution in [3.05, 3.63) is 24.2 Å². The third-order valence-electron chi connectivity index (χ3n) is 5.19. The molecule has 1 fully saturated rings. The Hall–Kier alpha value is -2.27. The molecule has 5 atom stereocenters. The van der Waals surface area contributed by atoms with E-state index in [-0.39, 0.29) is 24.8 Å². The van der Waals surface area contributed by atoms with E-state index < -0.39 is 36.2 Å². The molecular weight excluding hydrogens is 380 g/mol. The van der Waals surface area contributed by atoms with Crippen molar-refractivity contribution in [1.29, 1.82) is 0 Å². The van der Waals surface area contributed by atoms with Crippen LogP contribution in [0, 0.1) is 5.92 Å². The second-order valence-electron chi connectivity index (χ2n) is 7.65. The van der Waals surface area contributed by atoms with E-state index in [1.54, 1.807) is 26.0 Å². The molecular formula is C19H28N4O6. The van der Waals surface area contributed by atoms with Gasteiger partial charge in [0, 0.05) is 12.3 Å². The van der Waals surface area contributed by atoms with Crippen molar-refractivity contribution in [2.75, 3.05) is 12.3 Å². The summed E-state index contributed by atoms with van der Waals surface area (Å²) >= 11 is 0. The van der Waals surface area contributed by atoms with E-state index >= 15 is 0 Å². The fourth-order valence-electron chi connectivity index (χ4n) is 3.40. The molecule has 2 aromatic rings. The molecule has 3 rings (SSSR count). The zero-order chi connectivity index (χ0) is 21.3. The summed E-state index contributed by atoms with van der Waals surface area (Å²) in [6.45, 7) is 6.91. The Bertz CT molecular complexity index is 872. The minimum atomic E-state index is -1.26. The highest BCUT2D eigenvalue weighted by Crippen LogP contribution is 2.41. The summed E-state index contributed by atoms with van der Waals surface area (Å²) in [5.41, 5.74) is 5.73. The quantitative estimate of drug-likeness (QED) is 0.443. The Morgan fingerprint density at radius 3 is 2.83 bits per heavy atom. The lowest BCUT2D eigenvalue weighted by Crippen LogP contribution is -2.42. The van der Waals surface area contributed by atoms with E-state index in [1.807, 2.05) is 13.8 Å². The highest BCUT2D eigenvalue weighted by Gasteiger charge is 2.56. The predicted octanol–water partition coefficient (Wildman–Crippen LogP) is 0.599. The lowest BCUT2D eigenvalue weighted by Gasteiger charge is -2.27. The van der Waals surface area contributed by atoms with Crippen LogP contribution in [0.3, 0.4) is 0 Å². The average molecular weight is 408 g/mol. The number of carbonyl (C=O) groups excluding carboxylic acids is 1. The molecule has 0 aromatic carbocycles. The molecule has 2 aromatic heterocycles. The molecule has 1 unspecified atom stereocenters. The number of nitrogen functional groups attached to an aromatic ring is 1. The molecule has 4 N–H and O–H groups in total. The fourth-order valence-corrected chi connectivity index (χ4v) is 3.40. The van der Waals surface area contributed by atoms with E-state index in [2.05, 4.69) is 10.1 Å². The number of nitrogens with zero attached hydrogens (tertiary/aromatic N) is 3. The monoisotopic (exact) mass is 408 g/mol. The smallest absolute Gasteiger partial charge is 0.305 e. The first kappa shape index (κ1) is 21.4. The van der Waals surface area contributed by atoms with Crippen molar-refractivity contribution in [2.24, 2.45) is 5.92 Å². The van der Waals surface area contributed by atoms with Crippen molar-refractivity contribution >= 4 is 17.3 Å². The van der Waals surface area contributed by atoms with Crippen LogP contribution in [-0.2, 0) is 24.6 Å². The van der Waals surface area contributed by atoms with Crippen LogP contribution in [0.2, 0.25) is 0 Å². The molecule has 1 aliphatic rings. The van der Waals surface area contributed by atoms with E-state index in [0.717, 1.165) is 0 Å². The first-order valence-corrected chi connectivity index (χ1v) is 9.62. The van der Waals surface area contributed by atoms with Gasteiger partial charge in [0.05, 0.1) is 12.3 Å². The number of carbonyl (C=O) groups is 1. The lowest BCUT2D eigenvalue weighted by molar-refractivity contribution is -0.174. The van der Waals surface area contributed by atoms with E-state index in [4.69, 9.17) is 19.9 Å². The SMILES string of the molecule is CCC(=O)O[C@H]1[C@@H](O)[C@](C)(c2ccc3c(N)ncnn23)O[C@@H]1COC(O)C(C)C. The number of rotatable bonds is 7. The molecule has 0 amide bonds. The summed E-state index contributed by atoms with van der Waals surface area (Å²) < 4.78 is 18.6. The van der Waals surface area contributed by atoms with Crippen LogP contribution in [-0.4, -0.2) is 62.0 Å². The van der Waals surface area contributed by atoms with Gasteiger partial charge >= 0.3 is 5.97 Å². The molecule has 0 aliphatic carbocycles. The van der Waals surface area contributed by atoms with Crippen molar-refractivity contribution in [3.63, 3.8) is 0 Å².